The molecule has 8 nitrogen and oxygen atoms in total. The van der Waals surface area contributed by atoms with Gasteiger partial charge in [-0.15, -0.1) is 4.99 Å². The highest BCUT2D eigenvalue weighted by atomic mass is 79.9. The summed E-state index contributed by atoms with van der Waals surface area (Å²) in [6.45, 7) is -2.27. The van der Waals surface area contributed by atoms with Crippen LogP contribution in [0.5, 0.6) is 5.75 Å². The molecule has 2 aromatic rings. The molecule has 0 radical (unpaired) electrons. The molecule has 2 heterocycles. The maximum atomic E-state index is 12.8. The summed E-state index contributed by atoms with van der Waals surface area (Å²) in [4.78, 5) is 18.0. The van der Waals surface area contributed by atoms with Crippen molar-refractivity contribution in [3.8, 4) is 11.9 Å². The van der Waals surface area contributed by atoms with Gasteiger partial charge in [0.1, 0.15) is 5.75 Å². The lowest BCUT2D eigenvalue weighted by Crippen LogP contribution is -2.46. The van der Waals surface area contributed by atoms with Gasteiger partial charge in [0.05, 0.1) is 33.2 Å². The minimum Gasteiger partial charge on any atom is -0.435 e. The number of benzene rings is 2. The maximum absolute atomic E-state index is 12.8. The fraction of sp³-hybridized carbons (Fsp3) is 0.273. The Kier molecular flexibility index (Phi) is 7.74. The Labute approximate surface area is 217 Å². The predicted molar refractivity (Wildman–Crippen MR) is 132 cm³/mol. The second-order valence-electron chi connectivity index (χ2n) is 7.57. The van der Waals surface area contributed by atoms with Crippen LogP contribution in [0.1, 0.15) is 12.0 Å². The van der Waals surface area contributed by atoms with Crippen molar-refractivity contribution in [2.24, 2.45) is 10.1 Å². The van der Waals surface area contributed by atoms with Crippen LogP contribution in [0.25, 0.3) is 0 Å². The van der Waals surface area contributed by atoms with Crippen molar-refractivity contribution >= 4 is 62.4 Å². The third-order valence-electron chi connectivity index (χ3n) is 5.37. The SMILES string of the molecule is N#CN=C(Nc1cccc(OC(F)F)c1)N1CC(N2CCC(Br)C2=O)C(c2ccc(Cl)c(Cl)c2)=N1. The smallest absolute Gasteiger partial charge is 0.387 e. The van der Waals surface area contributed by atoms with Crippen molar-refractivity contribution in [2.45, 2.75) is 23.9 Å². The molecule has 182 valence electrons. The summed E-state index contributed by atoms with van der Waals surface area (Å²) in [6, 6.07) is 10.4. The molecule has 13 heteroatoms. The summed E-state index contributed by atoms with van der Waals surface area (Å²) >= 11 is 15.7. The first kappa shape index (κ1) is 25.2. The number of alkyl halides is 3. The van der Waals surface area contributed by atoms with Crippen molar-refractivity contribution in [3.05, 3.63) is 58.1 Å². The fourth-order valence-corrected chi connectivity index (χ4v) is 4.59. The van der Waals surface area contributed by atoms with E-state index < -0.39 is 12.7 Å². The van der Waals surface area contributed by atoms with E-state index in [1.54, 1.807) is 35.4 Å². The van der Waals surface area contributed by atoms with E-state index in [4.69, 9.17) is 23.2 Å². The third kappa shape index (κ3) is 5.66. The number of nitrogens with one attached hydrogen (secondary N) is 1. The molecule has 35 heavy (non-hydrogen) atoms. The molecule has 1 amide bonds. The second kappa shape index (κ2) is 10.8. The molecular formula is C22H17BrCl2F2N6O2. The number of amides is 1. The molecule has 0 aromatic heterocycles. The first-order valence-corrected chi connectivity index (χ1v) is 12.0. The number of halogens is 5. The topological polar surface area (TPSA) is 93.3 Å². The highest BCUT2D eigenvalue weighted by Crippen LogP contribution is 2.30. The zero-order valence-electron chi connectivity index (χ0n) is 17.8. The Balaban J connectivity index is 1.67. The molecule has 4 rings (SSSR count). The van der Waals surface area contributed by atoms with Gasteiger partial charge in [-0.3, -0.25) is 4.79 Å². The van der Waals surface area contributed by atoms with Gasteiger partial charge in [0.25, 0.3) is 0 Å². The molecule has 1 fully saturated rings. The second-order valence-corrected chi connectivity index (χ2v) is 9.49. The van der Waals surface area contributed by atoms with E-state index in [0.29, 0.717) is 40.0 Å². The van der Waals surface area contributed by atoms with Gasteiger partial charge in [-0.25, -0.2) is 5.01 Å². The number of likely N-dealkylation sites (tertiary alicyclic amines) is 1. The summed E-state index contributed by atoms with van der Waals surface area (Å²) in [5.41, 5.74) is 1.55. The molecule has 1 saturated heterocycles. The summed E-state index contributed by atoms with van der Waals surface area (Å²) < 4.78 is 29.6. The Morgan fingerprint density at radius 1 is 1.29 bits per heavy atom. The lowest BCUT2D eigenvalue weighted by Gasteiger charge is -2.26. The molecule has 0 spiro atoms. The molecule has 2 unspecified atom stereocenters. The van der Waals surface area contributed by atoms with Gasteiger partial charge in [-0.05, 0) is 30.7 Å². The average Bonchev–Trinajstić information content (AvgIpc) is 3.39. The van der Waals surface area contributed by atoms with Gasteiger partial charge < -0.3 is 15.0 Å². The number of nitriles is 1. The van der Waals surface area contributed by atoms with Gasteiger partial charge in [-0.2, -0.15) is 19.1 Å². The van der Waals surface area contributed by atoms with Crippen molar-refractivity contribution in [2.75, 3.05) is 18.4 Å². The van der Waals surface area contributed by atoms with E-state index in [9.17, 15) is 18.8 Å². The van der Waals surface area contributed by atoms with E-state index in [2.05, 4.69) is 36.1 Å². The molecule has 0 bridgehead atoms. The third-order valence-corrected chi connectivity index (χ3v) is 6.96. The first-order chi connectivity index (χ1) is 16.8. The van der Waals surface area contributed by atoms with Crippen molar-refractivity contribution in [3.63, 3.8) is 0 Å². The Bertz CT molecular complexity index is 1240. The number of nitrogens with zero attached hydrogens (tertiary/aromatic N) is 5. The minimum atomic E-state index is -2.98. The molecular weight excluding hydrogens is 569 g/mol. The van der Waals surface area contributed by atoms with Crippen LogP contribution < -0.4 is 10.1 Å². The van der Waals surface area contributed by atoms with Crippen LogP contribution in [-0.2, 0) is 4.79 Å². The van der Waals surface area contributed by atoms with Gasteiger partial charge in [0.15, 0.2) is 0 Å². The lowest BCUT2D eigenvalue weighted by atomic mass is 10.0. The molecule has 2 atom stereocenters. The molecule has 1 N–H and O–H groups in total. The largest absolute Gasteiger partial charge is 0.435 e. The zero-order valence-corrected chi connectivity index (χ0v) is 20.9. The number of aliphatic imine (C=N–C) groups is 1. The highest BCUT2D eigenvalue weighted by molar-refractivity contribution is 9.10. The number of hydrogen-bond acceptors (Lipinski definition) is 5. The van der Waals surface area contributed by atoms with Crippen LogP contribution in [0.15, 0.2) is 52.6 Å². The minimum absolute atomic E-state index is 0.0452. The van der Waals surface area contributed by atoms with Crippen LogP contribution in [0.4, 0.5) is 14.5 Å². The van der Waals surface area contributed by atoms with Crippen molar-refractivity contribution < 1.29 is 18.3 Å². The van der Waals surface area contributed by atoms with E-state index in [1.807, 2.05) is 0 Å². The van der Waals surface area contributed by atoms with Gasteiger partial charge >= 0.3 is 6.61 Å². The van der Waals surface area contributed by atoms with Gasteiger partial charge in [0, 0.05) is 23.9 Å². The van der Waals surface area contributed by atoms with Crippen molar-refractivity contribution in [1.82, 2.24) is 9.91 Å². The first-order valence-electron chi connectivity index (χ1n) is 10.3. The van der Waals surface area contributed by atoms with Crippen molar-refractivity contribution in [1.29, 1.82) is 5.26 Å². The summed E-state index contributed by atoms with van der Waals surface area (Å²) in [5, 5.41) is 19.0. The van der Waals surface area contributed by atoms with Crippen LogP contribution >= 0.6 is 39.1 Å². The Morgan fingerprint density at radius 2 is 2.09 bits per heavy atom. The number of rotatable bonds is 5. The van der Waals surface area contributed by atoms with E-state index in [0.717, 1.165) is 0 Å². The van der Waals surface area contributed by atoms with Crippen LogP contribution in [0.3, 0.4) is 0 Å². The Morgan fingerprint density at radius 3 is 2.74 bits per heavy atom. The number of carbonyl (C=O) groups is 1. The van der Waals surface area contributed by atoms with E-state index in [-0.39, 0.29) is 29.0 Å². The van der Waals surface area contributed by atoms with Crippen LogP contribution in [-0.4, -0.2) is 58.1 Å². The number of guanidine groups is 1. The standard InChI is InChI=1S/C22H17BrCl2F2N6O2/c23-15-6-7-32(20(15)34)18-10-33(31-19(18)12-4-5-16(24)17(25)8-12)22(29-11-28)30-13-2-1-3-14(9-13)35-21(26)27/h1-5,8-9,15,18,21H,6-7,10H2,(H,29,30). The average molecular weight is 586 g/mol. The molecule has 0 saturated carbocycles. The Hall–Kier alpha value is -2.94. The van der Waals surface area contributed by atoms with Gasteiger partial charge in [0.2, 0.25) is 18.1 Å². The summed E-state index contributed by atoms with van der Waals surface area (Å²) in [7, 11) is 0. The van der Waals surface area contributed by atoms with Gasteiger partial charge in [-0.1, -0.05) is 51.3 Å². The fourth-order valence-electron chi connectivity index (χ4n) is 3.83. The number of hydrazone groups is 1. The zero-order chi connectivity index (χ0) is 25.1. The molecule has 2 aliphatic heterocycles. The molecule has 2 aliphatic rings. The highest BCUT2D eigenvalue weighted by Gasteiger charge is 2.41. The number of hydrogen-bond donors (Lipinski definition) is 1. The quantitative estimate of drug-likeness (QED) is 0.232. The monoisotopic (exact) mass is 584 g/mol. The molecule has 0 aliphatic carbocycles. The summed E-state index contributed by atoms with van der Waals surface area (Å²) in [5.74, 6) is -0.0939. The predicted octanol–water partition coefficient (Wildman–Crippen LogP) is 4.93. The number of anilines is 1. The van der Waals surface area contributed by atoms with Crippen LogP contribution in [0, 0.1) is 11.5 Å². The lowest BCUT2D eigenvalue weighted by molar-refractivity contribution is -0.128. The summed E-state index contributed by atoms with van der Waals surface area (Å²) in [6.07, 6.45) is 2.36. The van der Waals surface area contributed by atoms with Crippen LogP contribution in [0.2, 0.25) is 10.0 Å². The van der Waals surface area contributed by atoms with E-state index in [1.165, 1.54) is 23.2 Å². The number of ether oxygens (including phenoxy) is 1. The van der Waals surface area contributed by atoms with E-state index >= 15 is 0 Å². The maximum Gasteiger partial charge on any atom is 0.387 e. The molecule has 2 aromatic carbocycles. The number of carbonyl (C=O) groups excluding carboxylic acids is 1. The normalized spacial score (nSPS) is 20.3.